The molecule has 1 saturated carbocycles. The van der Waals surface area contributed by atoms with Crippen molar-refractivity contribution in [2.24, 2.45) is 5.92 Å². The first-order valence-electron chi connectivity index (χ1n) is 8.55. The van der Waals surface area contributed by atoms with E-state index in [1.807, 2.05) is 0 Å². The van der Waals surface area contributed by atoms with Crippen molar-refractivity contribution in [3.8, 4) is 6.01 Å². The minimum absolute atomic E-state index is 0.266. The van der Waals surface area contributed by atoms with Crippen molar-refractivity contribution in [2.45, 2.75) is 37.3 Å². The van der Waals surface area contributed by atoms with Gasteiger partial charge in [0.15, 0.2) is 11.8 Å². The topological polar surface area (TPSA) is 102 Å². The number of anilines is 1. The number of aromatic amines is 1. The van der Waals surface area contributed by atoms with E-state index in [9.17, 15) is 5.11 Å². The fourth-order valence-electron chi connectivity index (χ4n) is 3.33. The fourth-order valence-corrected chi connectivity index (χ4v) is 3.55. The monoisotopic (exact) mass is 366 g/mol. The maximum Gasteiger partial charge on any atom is 0.296 e. The van der Waals surface area contributed by atoms with E-state index < -0.39 is 6.10 Å². The third-order valence-electron chi connectivity index (χ3n) is 4.90. The Morgan fingerprint density at radius 3 is 2.96 bits per heavy atom. The number of rotatable bonds is 5. The third-order valence-corrected chi connectivity index (χ3v) is 5.19. The Hall–Kier alpha value is -1.61. The van der Waals surface area contributed by atoms with E-state index in [1.165, 1.54) is 12.8 Å². The summed E-state index contributed by atoms with van der Waals surface area (Å²) in [5.74, 6) is 1.37. The van der Waals surface area contributed by atoms with E-state index in [2.05, 4.69) is 20.3 Å². The Bertz CT molecular complexity index is 796. The molecule has 0 aromatic carbocycles. The van der Waals surface area contributed by atoms with Crippen molar-refractivity contribution >= 4 is 28.6 Å². The molecule has 8 nitrogen and oxygen atoms in total. The van der Waals surface area contributed by atoms with Crippen LogP contribution >= 0.6 is 11.6 Å². The molecule has 25 heavy (non-hydrogen) atoms. The molecule has 0 spiro atoms. The summed E-state index contributed by atoms with van der Waals surface area (Å²) in [4.78, 5) is 12.0. The van der Waals surface area contributed by atoms with Crippen molar-refractivity contribution in [1.82, 2.24) is 15.0 Å². The predicted octanol–water partition coefficient (Wildman–Crippen LogP) is 1.34. The Balaban J connectivity index is 1.33. The summed E-state index contributed by atoms with van der Waals surface area (Å²) in [5.41, 5.74) is 1.25. The zero-order chi connectivity index (χ0) is 17.0. The smallest absolute Gasteiger partial charge is 0.296 e. The number of ether oxygens (including phenoxy) is 3. The summed E-state index contributed by atoms with van der Waals surface area (Å²) in [7, 11) is 0. The van der Waals surface area contributed by atoms with Gasteiger partial charge in [-0.25, -0.2) is 4.98 Å². The molecule has 4 heterocycles. The summed E-state index contributed by atoms with van der Waals surface area (Å²) in [6.07, 6.45) is 0.988. The fraction of sp³-hybridized carbons (Fsp3) is 0.625. The lowest BCUT2D eigenvalue weighted by Crippen LogP contribution is -2.34. The largest absolute Gasteiger partial charge is 0.456 e. The SMILES string of the molecule is O[C@@H]1CO[C@H]2[C@@H]1OC[C@H]2Oc1nc2nc(NCC3CC3)c(Cl)cc2[nH]1. The number of aliphatic hydroxyl groups is 1. The van der Waals surface area contributed by atoms with Crippen molar-refractivity contribution in [1.29, 1.82) is 0 Å². The number of hydrogen-bond acceptors (Lipinski definition) is 7. The number of hydrogen-bond donors (Lipinski definition) is 3. The molecule has 3 aliphatic rings. The first-order chi connectivity index (χ1) is 12.2. The van der Waals surface area contributed by atoms with Crippen LogP contribution in [0.4, 0.5) is 5.82 Å². The van der Waals surface area contributed by atoms with Crippen LogP contribution < -0.4 is 10.1 Å². The number of fused-ring (bicyclic) bond motifs is 2. The summed E-state index contributed by atoms with van der Waals surface area (Å²) >= 11 is 6.29. The highest BCUT2D eigenvalue weighted by atomic mass is 35.5. The van der Waals surface area contributed by atoms with Crippen LogP contribution in [0.3, 0.4) is 0 Å². The van der Waals surface area contributed by atoms with Crippen LogP contribution in [0.5, 0.6) is 6.01 Å². The molecule has 3 N–H and O–H groups in total. The van der Waals surface area contributed by atoms with Crippen LogP contribution in [0.1, 0.15) is 12.8 Å². The van der Waals surface area contributed by atoms with Crippen molar-refractivity contribution < 1.29 is 19.3 Å². The Labute approximate surface area is 148 Å². The Morgan fingerprint density at radius 1 is 1.28 bits per heavy atom. The van der Waals surface area contributed by atoms with E-state index in [4.69, 9.17) is 25.8 Å². The lowest BCUT2D eigenvalue weighted by atomic mass is 10.1. The number of aliphatic hydroxyl groups excluding tert-OH is 1. The molecule has 4 atom stereocenters. The van der Waals surface area contributed by atoms with Gasteiger partial charge >= 0.3 is 0 Å². The summed E-state index contributed by atoms with van der Waals surface area (Å²) < 4.78 is 17.0. The van der Waals surface area contributed by atoms with Gasteiger partial charge in [-0.3, -0.25) is 0 Å². The molecule has 3 fully saturated rings. The molecule has 2 aliphatic heterocycles. The lowest BCUT2D eigenvalue weighted by molar-refractivity contribution is 0.00706. The van der Waals surface area contributed by atoms with Crippen LogP contribution in [0, 0.1) is 5.92 Å². The molecule has 5 rings (SSSR count). The number of H-pyrrole nitrogens is 1. The van der Waals surface area contributed by atoms with Gasteiger partial charge in [0.05, 0.1) is 23.8 Å². The Kier molecular flexibility index (Phi) is 3.74. The average molecular weight is 367 g/mol. The van der Waals surface area contributed by atoms with Crippen molar-refractivity contribution in [3.05, 3.63) is 11.1 Å². The number of nitrogens with one attached hydrogen (secondary N) is 2. The number of aromatic nitrogens is 3. The molecule has 0 bridgehead atoms. The van der Waals surface area contributed by atoms with E-state index in [0.29, 0.717) is 34.6 Å². The lowest BCUT2D eigenvalue weighted by Gasteiger charge is -2.15. The van der Waals surface area contributed by atoms with Gasteiger partial charge < -0.3 is 29.6 Å². The van der Waals surface area contributed by atoms with Crippen LogP contribution in [0.25, 0.3) is 11.2 Å². The first kappa shape index (κ1) is 15.6. The van der Waals surface area contributed by atoms with Crippen LogP contribution in [0.15, 0.2) is 6.07 Å². The molecule has 2 saturated heterocycles. The zero-order valence-corrected chi connectivity index (χ0v) is 14.2. The molecule has 2 aromatic rings. The predicted molar refractivity (Wildman–Crippen MR) is 90.0 cm³/mol. The highest BCUT2D eigenvalue weighted by Crippen LogP contribution is 2.32. The van der Waals surface area contributed by atoms with Gasteiger partial charge in [-0.2, -0.15) is 4.98 Å². The molecule has 1 aliphatic carbocycles. The van der Waals surface area contributed by atoms with E-state index in [0.717, 1.165) is 12.5 Å². The molecule has 0 radical (unpaired) electrons. The highest BCUT2D eigenvalue weighted by Gasteiger charge is 2.48. The second-order valence-electron chi connectivity index (χ2n) is 6.88. The summed E-state index contributed by atoms with van der Waals surface area (Å²) in [6, 6.07) is 2.14. The third kappa shape index (κ3) is 2.93. The number of pyridine rings is 1. The molecule has 9 heteroatoms. The van der Waals surface area contributed by atoms with Crippen LogP contribution in [-0.4, -0.2) is 64.2 Å². The second-order valence-corrected chi connectivity index (χ2v) is 7.28. The van der Waals surface area contributed by atoms with Gasteiger partial charge in [0.2, 0.25) is 0 Å². The second kappa shape index (κ2) is 5.98. The average Bonchev–Trinajstić information content (AvgIpc) is 3.04. The maximum atomic E-state index is 9.79. The molecule has 2 aromatic heterocycles. The van der Waals surface area contributed by atoms with Crippen LogP contribution in [-0.2, 0) is 9.47 Å². The van der Waals surface area contributed by atoms with E-state index >= 15 is 0 Å². The molecule has 134 valence electrons. The van der Waals surface area contributed by atoms with E-state index in [1.54, 1.807) is 6.07 Å². The Morgan fingerprint density at radius 2 is 2.12 bits per heavy atom. The van der Waals surface area contributed by atoms with Gasteiger partial charge in [0.1, 0.15) is 24.1 Å². The summed E-state index contributed by atoms with van der Waals surface area (Å²) in [5, 5.41) is 13.6. The van der Waals surface area contributed by atoms with Gasteiger partial charge in [0.25, 0.3) is 6.01 Å². The van der Waals surface area contributed by atoms with Gasteiger partial charge in [0, 0.05) is 6.54 Å². The van der Waals surface area contributed by atoms with Gasteiger partial charge in [-0.1, -0.05) is 11.6 Å². The minimum Gasteiger partial charge on any atom is -0.456 e. The molecule has 0 amide bonds. The maximum absolute atomic E-state index is 9.79. The van der Waals surface area contributed by atoms with Crippen LogP contribution in [0.2, 0.25) is 5.02 Å². The first-order valence-corrected chi connectivity index (χ1v) is 8.93. The number of nitrogens with zero attached hydrogens (tertiary/aromatic N) is 2. The normalized spacial score (nSPS) is 31.4. The van der Waals surface area contributed by atoms with E-state index in [-0.39, 0.29) is 24.9 Å². The molecular formula is C16H19ClN4O4. The van der Waals surface area contributed by atoms with Crippen molar-refractivity contribution in [3.63, 3.8) is 0 Å². The molecular weight excluding hydrogens is 348 g/mol. The number of imidazole rings is 1. The van der Waals surface area contributed by atoms with Crippen molar-refractivity contribution in [2.75, 3.05) is 25.1 Å². The standard InChI is InChI=1S/C16H19ClN4O4/c17-8-3-9-15(20-14(8)18-4-7-1-2-7)21-16(19-9)25-11-6-24-12-10(22)5-23-13(11)12/h3,7,10-13,22H,1-2,4-6H2,(H2,18,19,20,21)/t10-,11-,12-,13-/m1/s1. The number of halogens is 1. The minimum atomic E-state index is -0.602. The summed E-state index contributed by atoms with van der Waals surface area (Å²) in [6.45, 7) is 1.50. The van der Waals surface area contributed by atoms with Gasteiger partial charge in [-0.05, 0) is 24.8 Å². The zero-order valence-electron chi connectivity index (χ0n) is 13.4. The van der Waals surface area contributed by atoms with Gasteiger partial charge in [-0.15, -0.1) is 0 Å². The quantitative estimate of drug-likeness (QED) is 0.733. The highest BCUT2D eigenvalue weighted by molar-refractivity contribution is 6.33. The molecule has 0 unspecified atom stereocenters.